The highest BCUT2D eigenvalue weighted by molar-refractivity contribution is 5.95. The highest BCUT2D eigenvalue weighted by atomic mass is 19.1. The van der Waals surface area contributed by atoms with Crippen LogP contribution in [0.3, 0.4) is 0 Å². The van der Waals surface area contributed by atoms with Crippen molar-refractivity contribution in [3.63, 3.8) is 0 Å². The molecule has 4 nitrogen and oxygen atoms in total. The number of fused-ring (bicyclic) bond motifs is 1. The number of hydrogen-bond donors (Lipinski definition) is 2. The van der Waals surface area contributed by atoms with E-state index in [1.807, 2.05) is 13.8 Å². The standard InChI is InChI=1S/C19H21FN2O2/c1-11-5-4-6-13(17(11)20)18(23)22-15-10-19(2,3)24-16-8-7-12(21)9-14(15)16/h4-9,15H,10,21H2,1-3H3,(H,22,23). The molecule has 1 heterocycles. The van der Waals surface area contributed by atoms with E-state index in [1.165, 1.54) is 6.07 Å². The molecule has 24 heavy (non-hydrogen) atoms. The van der Waals surface area contributed by atoms with Gasteiger partial charge < -0.3 is 15.8 Å². The molecule has 1 atom stereocenters. The van der Waals surface area contributed by atoms with Crippen LogP contribution in [-0.2, 0) is 0 Å². The number of ether oxygens (including phenoxy) is 1. The molecule has 5 heteroatoms. The number of amides is 1. The van der Waals surface area contributed by atoms with Crippen LogP contribution in [0.15, 0.2) is 36.4 Å². The molecule has 1 aliphatic rings. The number of nitrogens with one attached hydrogen (secondary N) is 1. The molecule has 0 saturated heterocycles. The maximum Gasteiger partial charge on any atom is 0.254 e. The van der Waals surface area contributed by atoms with E-state index in [2.05, 4.69) is 5.32 Å². The van der Waals surface area contributed by atoms with Gasteiger partial charge in [0.05, 0.1) is 11.6 Å². The Morgan fingerprint density at radius 1 is 1.33 bits per heavy atom. The van der Waals surface area contributed by atoms with E-state index in [-0.39, 0.29) is 11.6 Å². The Balaban J connectivity index is 1.93. The summed E-state index contributed by atoms with van der Waals surface area (Å²) >= 11 is 0. The van der Waals surface area contributed by atoms with Crippen LogP contribution in [-0.4, -0.2) is 11.5 Å². The molecule has 0 spiro atoms. The zero-order chi connectivity index (χ0) is 17.5. The smallest absolute Gasteiger partial charge is 0.254 e. The first-order chi connectivity index (χ1) is 11.3. The topological polar surface area (TPSA) is 64.3 Å². The third-order valence-electron chi connectivity index (χ3n) is 4.23. The highest BCUT2D eigenvalue weighted by Crippen LogP contribution is 2.40. The average Bonchev–Trinajstić information content (AvgIpc) is 2.50. The Labute approximate surface area is 140 Å². The van der Waals surface area contributed by atoms with Crippen LogP contribution in [0.1, 0.15) is 47.8 Å². The Morgan fingerprint density at radius 2 is 2.08 bits per heavy atom. The molecular formula is C19H21FN2O2. The molecule has 0 aromatic heterocycles. The van der Waals surface area contributed by atoms with Gasteiger partial charge in [0, 0.05) is 17.7 Å². The van der Waals surface area contributed by atoms with Crippen molar-refractivity contribution in [2.75, 3.05) is 5.73 Å². The van der Waals surface area contributed by atoms with Crippen molar-refractivity contribution in [2.24, 2.45) is 0 Å². The quantitative estimate of drug-likeness (QED) is 0.825. The van der Waals surface area contributed by atoms with Crippen LogP contribution in [0.2, 0.25) is 0 Å². The van der Waals surface area contributed by atoms with E-state index >= 15 is 0 Å². The fourth-order valence-corrected chi connectivity index (χ4v) is 3.06. The molecule has 0 radical (unpaired) electrons. The van der Waals surface area contributed by atoms with E-state index < -0.39 is 17.3 Å². The summed E-state index contributed by atoms with van der Waals surface area (Å²) in [5.74, 6) is -0.239. The third-order valence-corrected chi connectivity index (χ3v) is 4.23. The first-order valence-electron chi connectivity index (χ1n) is 7.91. The second kappa shape index (κ2) is 5.82. The van der Waals surface area contributed by atoms with Crippen LogP contribution in [0.25, 0.3) is 0 Å². The summed E-state index contributed by atoms with van der Waals surface area (Å²) < 4.78 is 20.2. The minimum atomic E-state index is -0.492. The van der Waals surface area contributed by atoms with Gasteiger partial charge in [0.25, 0.3) is 5.91 Å². The monoisotopic (exact) mass is 328 g/mol. The summed E-state index contributed by atoms with van der Waals surface area (Å²) in [6.07, 6.45) is 0.572. The lowest BCUT2D eigenvalue weighted by Crippen LogP contribution is -2.41. The van der Waals surface area contributed by atoms with Gasteiger partial charge in [-0.05, 0) is 50.6 Å². The first kappa shape index (κ1) is 16.3. The fraction of sp³-hybridized carbons (Fsp3) is 0.316. The number of benzene rings is 2. The summed E-state index contributed by atoms with van der Waals surface area (Å²) in [6.45, 7) is 5.55. The third kappa shape index (κ3) is 3.07. The maximum absolute atomic E-state index is 14.2. The van der Waals surface area contributed by atoms with Crippen LogP contribution in [0, 0.1) is 12.7 Å². The Bertz CT molecular complexity index is 802. The number of anilines is 1. The summed E-state index contributed by atoms with van der Waals surface area (Å²) in [7, 11) is 0. The van der Waals surface area contributed by atoms with Crippen molar-refractivity contribution < 1.29 is 13.9 Å². The predicted molar refractivity (Wildman–Crippen MR) is 91.5 cm³/mol. The van der Waals surface area contributed by atoms with Crippen molar-refractivity contribution in [3.05, 3.63) is 58.9 Å². The molecule has 0 aliphatic carbocycles. The van der Waals surface area contributed by atoms with Gasteiger partial charge in [-0.15, -0.1) is 0 Å². The molecule has 0 bridgehead atoms. The lowest BCUT2D eigenvalue weighted by molar-refractivity contribution is 0.0619. The lowest BCUT2D eigenvalue weighted by Gasteiger charge is -2.38. The molecule has 1 aliphatic heterocycles. The van der Waals surface area contributed by atoms with Crippen molar-refractivity contribution in [1.82, 2.24) is 5.32 Å². The molecule has 2 aromatic rings. The number of carbonyl (C=O) groups is 1. The Hall–Kier alpha value is -2.56. The van der Waals surface area contributed by atoms with Gasteiger partial charge >= 0.3 is 0 Å². The van der Waals surface area contributed by atoms with Gasteiger partial charge in [0.1, 0.15) is 17.2 Å². The summed E-state index contributed by atoms with van der Waals surface area (Å²) in [4.78, 5) is 12.6. The molecule has 2 aromatic carbocycles. The van der Waals surface area contributed by atoms with E-state index in [0.717, 1.165) is 5.56 Å². The van der Waals surface area contributed by atoms with Crippen molar-refractivity contribution in [2.45, 2.75) is 38.8 Å². The maximum atomic E-state index is 14.2. The molecule has 3 rings (SSSR count). The van der Waals surface area contributed by atoms with Crippen LogP contribution < -0.4 is 15.8 Å². The van der Waals surface area contributed by atoms with Crippen molar-refractivity contribution >= 4 is 11.6 Å². The minimum absolute atomic E-state index is 0.0461. The summed E-state index contributed by atoms with van der Waals surface area (Å²) in [6, 6.07) is 9.87. The number of hydrogen-bond acceptors (Lipinski definition) is 3. The largest absolute Gasteiger partial charge is 0.487 e. The fourth-order valence-electron chi connectivity index (χ4n) is 3.06. The molecule has 3 N–H and O–H groups in total. The molecule has 0 fully saturated rings. The number of rotatable bonds is 2. The number of nitrogens with two attached hydrogens (primary N) is 1. The van der Waals surface area contributed by atoms with Crippen LogP contribution in [0.4, 0.5) is 10.1 Å². The van der Waals surface area contributed by atoms with Crippen LogP contribution in [0.5, 0.6) is 5.75 Å². The first-order valence-corrected chi connectivity index (χ1v) is 7.91. The summed E-state index contributed by atoms with van der Waals surface area (Å²) in [5, 5.41) is 2.93. The number of halogens is 1. The molecule has 1 amide bonds. The SMILES string of the molecule is Cc1cccc(C(=O)NC2CC(C)(C)Oc3ccc(N)cc32)c1F. The Kier molecular flexibility index (Phi) is 3.95. The number of carbonyl (C=O) groups excluding carboxylic acids is 1. The van der Waals surface area contributed by atoms with Crippen molar-refractivity contribution in [1.29, 1.82) is 0 Å². The van der Waals surface area contributed by atoms with Gasteiger partial charge in [-0.2, -0.15) is 0 Å². The zero-order valence-corrected chi connectivity index (χ0v) is 14.0. The second-order valence-corrected chi connectivity index (χ2v) is 6.83. The van der Waals surface area contributed by atoms with Gasteiger partial charge in [-0.3, -0.25) is 4.79 Å². The van der Waals surface area contributed by atoms with E-state index in [4.69, 9.17) is 10.5 Å². The Morgan fingerprint density at radius 3 is 2.83 bits per heavy atom. The summed E-state index contributed by atoms with van der Waals surface area (Å²) in [5.41, 5.74) is 7.33. The normalized spacial score (nSPS) is 18.4. The highest BCUT2D eigenvalue weighted by Gasteiger charge is 2.35. The predicted octanol–water partition coefficient (Wildman–Crippen LogP) is 3.75. The van der Waals surface area contributed by atoms with Crippen LogP contribution >= 0.6 is 0 Å². The van der Waals surface area contributed by atoms with Crippen molar-refractivity contribution in [3.8, 4) is 5.75 Å². The zero-order valence-electron chi connectivity index (χ0n) is 14.0. The molecular weight excluding hydrogens is 307 g/mol. The van der Waals surface area contributed by atoms with E-state index in [0.29, 0.717) is 23.4 Å². The van der Waals surface area contributed by atoms with Gasteiger partial charge in [-0.25, -0.2) is 4.39 Å². The second-order valence-electron chi connectivity index (χ2n) is 6.83. The lowest BCUT2D eigenvalue weighted by atomic mass is 9.89. The average molecular weight is 328 g/mol. The van der Waals surface area contributed by atoms with E-state index in [1.54, 1.807) is 37.3 Å². The van der Waals surface area contributed by atoms with E-state index in [9.17, 15) is 9.18 Å². The number of nitrogen functional groups attached to an aromatic ring is 1. The molecule has 0 saturated carbocycles. The molecule has 1 unspecified atom stereocenters. The van der Waals surface area contributed by atoms with Gasteiger partial charge in [-0.1, -0.05) is 12.1 Å². The van der Waals surface area contributed by atoms with Gasteiger partial charge in [0.2, 0.25) is 0 Å². The number of aryl methyl sites for hydroxylation is 1. The minimum Gasteiger partial charge on any atom is -0.487 e. The van der Waals surface area contributed by atoms with Gasteiger partial charge in [0.15, 0.2) is 0 Å². The molecule has 126 valence electrons.